The van der Waals surface area contributed by atoms with E-state index in [2.05, 4.69) is 19.2 Å². The lowest BCUT2D eigenvalue weighted by atomic mass is 10.0. The van der Waals surface area contributed by atoms with E-state index < -0.39 is 0 Å². The highest BCUT2D eigenvalue weighted by Crippen LogP contribution is 2.24. The van der Waals surface area contributed by atoms with Gasteiger partial charge in [-0.2, -0.15) is 0 Å². The average molecular weight is 170 g/mol. The first kappa shape index (κ1) is 9.52. The third-order valence-corrected chi connectivity index (χ3v) is 2.45. The van der Waals surface area contributed by atoms with Gasteiger partial charge in [0.05, 0.1) is 0 Å². The zero-order valence-electron chi connectivity index (χ0n) is 7.89. The van der Waals surface area contributed by atoms with Crippen LogP contribution in [-0.2, 0) is 4.79 Å². The van der Waals surface area contributed by atoms with Crippen molar-refractivity contribution in [1.29, 1.82) is 0 Å². The van der Waals surface area contributed by atoms with Gasteiger partial charge in [0, 0.05) is 18.0 Å². The van der Waals surface area contributed by atoms with Crippen LogP contribution in [0, 0.1) is 0 Å². The number of hydrogen-bond acceptors (Lipinski definition) is 2. The van der Waals surface area contributed by atoms with Gasteiger partial charge in [-0.3, -0.25) is 4.79 Å². The molecule has 1 heterocycles. The van der Waals surface area contributed by atoms with Gasteiger partial charge in [-0.1, -0.05) is 0 Å². The van der Waals surface area contributed by atoms with Crippen molar-refractivity contribution < 1.29 is 4.79 Å². The molecule has 3 nitrogen and oxygen atoms in total. The lowest BCUT2D eigenvalue weighted by Crippen LogP contribution is -2.37. The van der Waals surface area contributed by atoms with E-state index in [4.69, 9.17) is 5.73 Å². The van der Waals surface area contributed by atoms with Crippen molar-refractivity contribution in [1.82, 2.24) is 5.32 Å². The first-order valence-corrected chi connectivity index (χ1v) is 4.56. The van der Waals surface area contributed by atoms with Gasteiger partial charge >= 0.3 is 0 Å². The fourth-order valence-electron chi connectivity index (χ4n) is 1.76. The molecule has 1 fully saturated rings. The van der Waals surface area contributed by atoms with Crippen LogP contribution in [0.3, 0.4) is 0 Å². The fraction of sp³-hybridized carbons (Fsp3) is 0.889. The Morgan fingerprint density at radius 3 is 2.75 bits per heavy atom. The quantitative estimate of drug-likeness (QED) is 0.657. The predicted octanol–water partition coefficient (Wildman–Crippen LogP) is 0.783. The van der Waals surface area contributed by atoms with Gasteiger partial charge in [0.25, 0.3) is 0 Å². The van der Waals surface area contributed by atoms with E-state index in [0.29, 0.717) is 12.5 Å². The Kier molecular flexibility index (Phi) is 2.73. The summed E-state index contributed by atoms with van der Waals surface area (Å²) in [6, 6.07) is 0.493. The van der Waals surface area contributed by atoms with Crippen molar-refractivity contribution in [2.24, 2.45) is 5.73 Å². The Balaban J connectivity index is 2.24. The van der Waals surface area contributed by atoms with Crippen molar-refractivity contribution in [2.45, 2.75) is 51.1 Å². The van der Waals surface area contributed by atoms with Gasteiger partial charge in [-0.15, -0.1) is 0 Å². The fourth-order valence-corrected chi connectivity index (χ4v) is 1.76. The molecule has 1 saturated heterocycles. The molecule has 0 aromatic rings. The molecule has 1 atom stereocenters. The first-order valence-electron chi connectivity index (χ1n) is 4.56. The molecule has 1 aliphatic rings. The summed E-state index contributed by atoms with van der Waals surface area (Å²) in [6.45, 7) is 4.38. The SMILES string of the molecule is CC1(C)CCC(CCC(N)=O)N1. The Bertz CT molecular complexity index is 177. The largest absolute Gasteiger partial charge is 0.370 e. The van der Waals surface area contributed by atoms with E-state index in [1.807, 2.05) is 0 Å². The Labute approximate surface area is 73.7 Å². The van der Waals surface area contributed by atoms with Crippen LogP contribution in [0.4, 0.5) is 0 Å². The van der Waals surface area contributed by atoms with Gasteiger partial charge in [0.1, 0.15) is 0 Å². The highest BCUT2D eigenvalue weighted by atomic mass is 16.1. The number of nitrogens with one attached hydrogen (secondary N) is 1. The van der Waals surface area contributed by atoms with Gasteiger partial charge < -0.3 is 11.1 Å². The standard InChI is InChI=1S/C9H18N2O/c1-9(2)6-5-7(11-9)3-4-8(10)12/h7,11H,3-6H2,1-2H3,(H2,10,12). The molecule has 0 radical (unpaired) electrons. The van der Waals surface area contributed by atoms with E-state index in [9.17, 15) is 4.79 Å². The maximum absolute atomic E-state index is 10.5. The van der Waals surface area contributed by atoms with Gasteiger partial charge in [0.15, 0.2) is 0 Å². The second-order valence-electron chi connectivity index (χ2n) is 4.27. The molecule has 70 valence electrons. The second kappa shape index (κ2) is 3.44. The highest BCUT2D eigenvalue weighted by molar-refractivity contribution is 5.73. The summed E-state index contributed by atoms with van der Waals surface area (Å²) >= 11 is 0. The molecule has 0 aromatic heterocycles. The lowest BCUT2D eigenvalue weighted by molar-refractivity contribution is -0.118. The molecular weight excluding hydrogens is 152 g/mol. The minimum atomic E-state index is -0.193. The Morgan fingerprint density at radius 2 is 2.33 bits per heavy atom. The second-order valence-corrected chi connectivity index (χ2v) is 4.27. The number of carbonyl (C=O) groups excluding carboxylic acids is 1. The molecule has 1 amide bonds. The van der Waals surface area contributed by atoms with E-state index in [0.717, 1.165) is 6.42 Å². The van der Waals surface area contributed by atoms with Crippen LogP contribution < -0.4 is 11.1 Å². The predicted molar refractivity (Wildman–Crippen MR) is 48.7 cm³/mol. The van der Waals surface area contributed by atoms with Crippen molar-refractivity contribution in [3.63, 3.8) is 0 Å². The van der Waals surface area contributed by atoms with E-state index >= 15 is 0 Å². The molecule has 1 unspecified atom stereocenters. The van der Waals surface area contributed by atoms with E-state index in [1.165, 1.54) is 12.8 Å². The molecule has 12 heavy (non-hydrogen) atoms. The van der Waals surface area contributed by atoms with Crippen LogP contribution in [0.1, 0.15) is 39.5 Å². The van der Waals surface area contributed by atoms with Crippen LogP contribution in [0.15, 0.2) is 0 Å². The molecule has 0 spiro atoms. The average Bonchev–Trinajstić information content (AvgIpc) is 2.26. The maximum atomic E-state index is 10.5. The summed E-state index contributed by atoms with van der Waals surface area (Å²) in [5, 5.41) is 3.48. The minimum Gasteiger partial charge on any atom is -0.370 e. The zero-order chi connectivity index (χ0) is 9.19. The van der Waals surface area contributed by atoms with Crippen molar-refractivity contribution in [3.05, 3.63) is 0 Å². The molecular formula is C9H18N2O. The Hall–Kier alpha value is -0.570. The number of carbonyl (C=O) groups is 1. The molecule has 1 rings (SSSR count). The molecule has 0 saturated carbocycles. The summed E-state index contributed by atoms with van der Waals surface area (Å²) < 4.78 is 0. The molecule has 3 N–H and O–H groups in total. The smallest absolute Gasteiger partial charge is 0.217 e. The Morgan fingerprint density at radius 1 is 1.67 bits per heavy atom. The third-order valence-electron chi connectivity index (χ3n) is 2.45. The molecule has 0 bridgehead atoms. The van der Waals surface area contributed by atoms with Gasteiger partial charge in [-0.05, 0) is 33.1 Å². The van der Waals surface area contributed by atoms with Crippen LogP contribution in [-0.4, -0.2) is 17.5 Å². The molecule has 3 heteroatoms. The minimum absolute atomic E-state index is 0.193. The summed E-state index contributed by atoms with van der Waals surface area (Å²) in [6.07, 6.45) is 3.75. The highest BCUT2D eigenvalue weighted by Gasteiger charge is 2.29. The van der Waals surface area contributed by atoms with Crippen molar-refractivity contribution in [2.75, 3.05) is 0 Å². The molecule has 1 aliphatic heterocycles. The number of hydrogen-bond donors (Lipinski definition) is 2. The summed E-state index contributed by atoms with van der Waals surface area (Å²) in [5.74, 6) is -0.193. The van der Waals surface area contributed by atoms with Gasteiger partial charge in [0.2, 0.25) is 5.91 Å². The topological polar surface area (TPSA) is 55.1 Å². The monoisotopic (exact) mass is 170 g/mol. The number of rotatable bonds is 3. The van der Waals surface area contributed by atoms with Crippen LogP contribution >= 0.6 is 0 Å². The molecule has 0 aromatic carbocycles. The van der Waals surface area contributed by atoms with E-state index in [-0.39, 0.29) is 11.4 Å². The number of amides is 1. The summed E-state index contributed by atoms with van der Waals surface area (Å²) in [4.78, 5) is 10.5. The first-order chi connectivity index (χ1) is 5.49. The third kappa shape index (κ3) is 2.81. The molecule has 0 aliphatic carbocycles. The van der Waals surface area contributed by atoms with Crippen LogP contribution in [0.2, 0.25) is 0 Å². The number of nitrogens with two attached hydrogens (primary N) is 1. The maximum Gasteiger partial charge on any atom is 0.217 e. The zero-order valence-corrected chi connectivity index (χ0v) is 7.89. The lowest BCUT2D eigenvalue weighted by Gasteiger charge is -2.19. The van der Waals surface area contributed by atoms with Crippen LogP contribution in [0.5, 0.6) is 0 Å². The van der Waals surface area contributed by atoms with Crippen molar-refractivity contribution >= 4 is 5.91 Å². The summed E-state index contributed by atoms with van der Waals surface area (Å²) in [5.41, 5.74) is 5.32. The number of primary amides is 1. The summed E-state index contributed by atoms with van der Waals surface area (Å²) in [7, 11) is 0. The van der Waals surface area contributed by atoms with Gasteiger partial charge in [-0.25, -0.2) is 0 Å². The van der Waals surface area contributed by atoms with Crippen LogP contribution in [0.25, 0.3) is 0 Å². The normalized spacial score (nSPS) is 27.3. The van der Waals surface area contributed by atoms with Crippen molar-refractivity contribution in [3.8, 4) is 0 Å². The van der Waals surface area contributed by atoms with E-state index in [1.54, 1.807) is 0 Å².